The van der Waals surface area contributed by atoms with Crippen LogP contribution >= 0.6 is 23.2 Å². The number of ether oxygens (including phenoxy) is 1. The minimum Gasteiger partial charge on any atom is -0.457 e. The Morgan fingerprint density at radius 2 is 1.63 bits per heavy atom. The summed E-state index contributed by atoms with van der Waals surface area (Å²) in [6, 6.07) is 25.4. The van der Waals surface area contributed by atoms with E-state index in [4.69, 9.17) is 27.9 Å². The fraction of sp³-hybridized carbons (Fsp3) is 0.0370. The second-order valence-electron chi connectivity index (χ2n) is 7.77. The van der Waals surface area contributed by atoms with E-state index in [-0.39, 0.29) is 5.02 Å². The summed E-state index contributed by atoms with van der Waals surface area (Å²) in [5.74, 6) is 1.58. The molecule has 8 heteroatoms. The van der Waals surface area contributed by atoms with Gasteiger partial charge >= 0.3 is 0 Å². The lowest BCUT2D eigenvalue weighted by Gasteiger charge is -2.12. The average molecular weight is 505 g/mol. The van der Waals surface area contributed by atoms with Gasteiger partial charge in [-0.15, -0.1) is 0 Å². The minimum atomic E-state index is -0.473. The molecule has 0 unspecified atom stereocenters. The average Bonchev–Trinajstić information content (AvgIpc) is 2.87. The molecule has 0 aliphatic carbocycles. The lowest BCUT2D eigenvalue weighted by molar-refractivity contribution is 0.482. The standard InChI is InChI=1S/C27H19Cl2FN4O/c28-18-4-8-21(9-5-18)35-22-3-1-2-17(12-22)15-31-19-7-11-26-23(13-19)27(33-16-32-26)34-20-6-10-25(30)24(29)14-20/h1-14,16,31H,15H2,(H,32,33,34). The fourth-order valence-corrected chi connectivity index (χ4v) is 3.85. The first-order valence-electron chi connectivity index (χ1n) is 10.8. The Bertz CT molecular complexity index is 1500. The predicted octanol–water partition coefficient (Wildman–Crippen LogP) is 8.22. The van der Waals surface area contributed by atoms with E-state index < -0.39 is 5.82 Å². The summed E-state index contributed by atoms with van der Waals surface area (Å²) in [5.41, 5.74) is 3.36. The SMILES string of the molecule is Fc1ccc(Nc2ncnc3ccc(NCc4cccc(Oc5ccc(Cl)cc5)c4)cc23)cc1Cl. The molecular weight excluding hydrogens is 486 g/mol. The van der Waals surface area contributed by atoms with Crippen molar-refractivity contribution in [3.8, 4) is 11.5 Å². The number of nitrogens with one attached hydrogen (secondary N) is 2. The molecule has 0 saturated carbocycles. The molecule has 1 aromatic heterocycles. The third kappa shape index (κ3) is 5.62. The zero-order valence-corrected chi connectivity index (χ0v) is 19.8. The molecule has 35 heavy (non-hydrogen) atoms. The normalized spacial score (nSPS) is 10.8. The van der Waals surface area contributed by atoms with E-state index in [0.29, 0.717) is 23.1 Å². The van der Waals surface area contributed by atoms with Gasteiger partial charge in [0.15, 0.2) is 0 Å². The summed E-state index contributed by atoms with van der Waals surface area (Å²) in [5, 5.41) is 8.15. The van der Waals surface area contributed by atoms with Crippen LogP contribution in [0.15, 0.2) is 91.3 Å². The van der Waals surface area contributed by atoms with Crippen LogP contribution in [0.2, 0.25) is 10.0 Å². The number of hydrogen-bond donors (Lipinski definition) is 2. The molecule has 0 atom stereocenters. The van der Waals surface area contributed by atoms with Gasteiger partial charge in [0.05, 0.1) is 10.5 Å². The molecule has 0 aliphatic rings. The molecule has 174 valence electrons. The largest absolute Gasteiger partial charge is 0.457 e. The van der Waals surface area contributed by atoms with Crippen molar-refractivity contribution in [1.82, 2.24) is 9.97 Å². The maximum atomic E-state index is 13.5. The van der Waals surface area contributed by atoms with Crippen molar-refractivity contribution < 1.29 is 9.13 Å². The molecule has 1 heterocycles. The summed E-state index contributed by atoms with van der Waals surface area (Å²) in [6.45, 7) is 0.591. The summed E-state index contributed by atoms with van der Waals surface area (Å²) < 4.78 is 19.4. The topological polar surface area (TPSA) is 59.1 Å². The van der Waals surface area contributed by atoms with Crippen molar-refractivity contribution in [2.24, 2.45) is 0 Å². The molecular formula is C27H19Cl2FN4O. The summed E-state index contributed by atoms with van der Waals surface area (Å²) >= 11 is 11.9. The van der Waals surface area contributed by atoms with Gasteiger partial charge in [-0.2, -0.15) is 0 Å². The van der Waals surface area contributed by atoms with E-state index in [0.717, 1.165) is 33.7 Å². The fourth-order valence-electron chi connectivity index (χ4n) is 3.54. The van der Waals surface area contributed by atoms with Gasteiger partial charge in [0.25, 0.3) is 0 Å². The maximum absolute atomic E-state index is 13.5. The zero-order chi connectivity index (χ0) is 24.2. The molecule has 0 fully saturated rings. The van der Waals surface area contributed by atoms with E-state index in [2.05, 4.69) is 20.6 Å². The minimum absolute atomic E-state index is 0.0398. The molecule has 0 amide bonds. The highest BCUT2D eigenvalue weighted by Gasteiger charge is 2.08. The van der Waals surface area contributed by atoms with Crippen molar-refractivity contribution in [2.75, 3.05) is 10.6 Å². The Kier molecular flexibility index (Phi) is 6.66. The number of benzene rings is 4. The Labute approximate surface area is 211 Å². The number of anilines is 3. The Morgan fingerprint density at radius 3 is 2.46 bits per heavy atom. The van der Waals surface area contributed by atoms with Gasteiger partial charge in [-0.25, -0.2) is 14.4 Å². The highest BCUT2D eigenvalue weighted by Crippen LogP contribution is 2.28. The predicted molar refractivity (Wildman–Crippen MR) is 140 cm³/mol. The number of rotatable bonds is 7. The molecule has 0 bridgehead atoms. The van der Waals surface area contributed by atoms with E-state index in [1.54, 1.807) is 18.2 Å². The molecule has 4 aromatic carbocycles. The van der Waals surface area contributed by atoms with Crippen LogP contribution < -0.4 is 15.4 Å². The van der Waals surface area contributed by atoms with Crippen molar-refractivity contribution in [3.05, 3.63) is 113 Å². The van der Waals surface area contributed by atoms with Gasteiger partial charge < -0.3 is 15.4 Å². The maximum Gasteiger partial charge on any atom is 0.141 e. The van der Waals surface area contributed by atoms with Gasteiger partial charge in [0.2, 0.25) is 0 Å². The summed E-state index contributed by atoms with van der Waals surface area (Å²) in [7, 11) is 0. The van der Waals surface area contributed by atoms with Crippen molar-refractivity contribution >= 4 is 51.3 Å². The van der Waals surface area contributed by atoms with Gasteiger partial charge in [-0.05, 0) is 78.4 Å². The Balaban J connectivity index is 1.32. The number of fused-ring (bicyclic) bond motifs is 1. The van der Waals surface area contributed by atoms with E-state index in [9.17, 15) is 4.39 Å². The summed E-state index contributed by atoms with van der Waals surface area (Å²) in [6.07, 6.45) is 1.48. The van der Waals surface area contributed by atoms with Gasteiger partial charge in [0.1, 0.15) is 29.5 Å². The number of aromatic nitrogens is 2. The first kappa shape index (κ1) is 22.9. The van der Waals surface area contributed by atoms with Gasteiger partial charge in [-0.1, -0.05) is 35.3 Å². The molecule has 5 rings (SSSR count). The molecule has 0 saturated heterocycles. The van der Waals surface area contributed by atoms with E-state index in [1.165, 1.54) is 18.5 Å². The third-order valence-corrected chi connectivity index (χ3v) is 5.80. The van der Waals surface area contributed by atoms with Crippen LogP contribution in [0.25, 0.3) is 10.9 Å². The second kappa shape index (κ2) is 10.2. The van der Waals surface area contributed by atoms with Crippen LogP contribution in [0.4, 0.5) is 21.6 Å². The smallest absolute Gasteiger partial charge is 0.141 e. The molecule has 0 spiro atoms. The monoisotopic (exact) mass is 504 g/mol. The quantitative estimate of drug-likeness (QED) is 0.233. The van der Waals surface area contributed by atoms with Crippen molar-refractivity contribution in [1.29, 1.82) is 0 Å². The molecule has 0 aliphatic heterocycles. The molecule has 2 N–H and O–H groups in total. The lowest BCUT2D eigenvalue weighted by Crippen LogP contribution is -2.01. The van der Waals surface area contributed by atoms with Crippen LogP contribution in [0.3, 0.4) is 0 Å². The van der Waals surface area contributed by atoms with Gasteiger partial charge in [0, 0.05) is 28.3 Å². The third-order valence-electron chi connectivity index (χ3n) is 5.26. The lowest BCUT2D eigenvalue weighted by atomic mass is 10.1. The highest BCUT2D eigenvalue weighted by molar-refractivity contribution is 6.31. The number of halogens is 3. The zero-order valence-electron chi connectivity index (χ0n) is 18.3. The Morgan fingerprint density at radius 1 is 0.800 bits per heavy atom. The number of nitrogens with zero attached hydrogens (tertiary/aromatic N) is 2. The molecule has 5 aromatic rings. The van der Waals surface area contributed by atoms with Crippen LogP contribution in [0.1, 0.15) is 5.56 Å². The number of hydrogen-bond acceptors (Lipinski definition) is 5. The van der Waals surface area contributed by atoms with Gasteiger partial charge in [-0.3, -0.25) is 0 Å². The van der Waals surface area contributed by atoms with Crippen molar-refractivity contribution in [2.45, 2.75) is 6.54 Å². The van der Waals surface area contributed by atoms with Crippen LogP contribution in [0, 0.1) is 5.82 Å². The first-order chi connectivity index (χ1) is 17.0. The summed E-state index contributed by atoms with van der Waals surface area (Å²) in [4.78, 5) is 8.70. The van der Waals surface area contributed by atoms with E-state index >= 15 is 0 Å². The molecule has 5 nitrogen and oxygen atoms in total. The van der Waals surface area contributed by atoms with Crippen molar-refractivity contribution in [3.63, 3.8) is 0 Å². The first-order valence-corrected chi connectivity index (χ1v) is 11.5. The highest BCUT2D eigenvalue weighted by atomic mass is 35.5. The van der Waals surface area contributed by atoms with Crippen LogP contribution in [-0.2, 0) is 6.54 Å². The molecule has 0 radical (unpaired) electrons. The van der Waals surface area contributed by atoms with E-state index in [1.807, 2.05) is 54.6 Å². The van der Waals surface area contributed by atoms with Crippen LogP contribution in [0.5, 0.6) is 11.5 Å². The van der Waals surface area contributed by atoms with Crippen LogP contribution in [-0.4, -0.2) is 9.97 Å². The second-order valence-corrected chi connectivity index (χ2v) is 8.61. The Hall–Kier alpha value is -3.87.